The lowest BCUT2D eigenvalue weighted by atomic mass is 10.1. The standard InChI is InChI=1S/C16H14BrN3OS/c17-13-1-2-14(12(7-13)8-18)19-9-16(21)20-5-3-15-11(10-20)4-6-22-15/h1-2,4,6-7,19H,3,5,9-10H2. The van der Waals surface area contributed by atoms with Gasteiger partial charge in [-0.1, -0.05) is 15.9 Å². The first-order chi connectivity index (χ1) is 10.7. The molecule has 6 heteroatoms. The van der Waals surface area contributed by atoms with Gasteiger partial charge < -0.3 is 10.2 Å². The lowest BCUT2D eigenvalue weighted by molar-refractivity contribution is -0.130. The van der Waals surface area contributed by atoms with Crippen LogP contribution in [0.4, 0.5) is 5.69 Å². The minimum atomic E-state index is 0.0589. The Hall–Kier alpha value is -1.84. The van der Waals surface area contributed by atoms with Gasteiger partial charge in [0, 0.05) is 22.4 Å². The Kier molecular flexibility index (Phi) is 4.46. The van der Waals surface area contributed by atoms with Gasteiger partial charge in [0.1, 0.15) is 6.07 Å². The van der Waals surface area contributed by atoms with Crippen molar-refractivity contribution in [3.63, 3.8) is 0 Å². The van der Waals surface area contributed by atoms with Crippen molar-refractivity contribution in [2.75, 3.05) is 18.4 Å². The molecule has 0 aliphatic carbocycles. The van der Waals surface area contributed by atoms with Crippen LogP contribution in [0, 0.1) is 11.3 Å². The summed E-state index contributed by atoms with van der Waals surface area (Å²) in [5.74, 6) is 0.0589. The second-order valence-corrected chi connectivity index (χ2v) is 7.01. The number of anilines is 1. The van der Waals surface area contributed by atoms with Crippen molar-refractivity contribution in [1.29, 1.82) is 5.26 Å². The number of nitrogens with zero attached hydrogens (tertiary/aromatic N) is 2. The number of carbonyl (C=O) groups is 1. The molecule has 0 bridgehead atoms. The van der Waals surface area contributed by atoms with E-state index in [4.69, 9.17) is 5.26 Å². The second-order valence-electron chi connectivity index (χ2n) is 5.09. The van der Waals surface area contributed by atoms with E-state index in [9.17, 15) is 4.79 Å². The minimum Gasteiger partial charge on any atom is -0.375 e. The number of nitrogens with one attached hydrogen (secondary N) is 1. The molecule has 0 radical (unpaired) electrons. The third kappa shape index (κ3) is 3.16. The molecule has 1 N–H and O–H groups in total. The lowest BCUT2D eigenvalue weighted by Crippen LogP contribution is -2.38. The predicted molar refractivity (Wildman–Crippen MR) is 90.8 cm³/mol. The zero-order chi connectivity index (χ0) is 15.5. The lowest BCUT2D eigenvalue weighted by Gasteiger charge is -2.27. The summed E-state index contributed by atoms with van der Waals surface area (Å²) in [6, 6.07) is 9.63. The normalized spacial score (nSPS) is 13.4. The molecule has 0 spiro atoms. The van der Waals surface area contributed by atoms with Crippen molar-refractivity contribution in [3.8, 4) is 6.07 Å². The molecule has 22 heavy (non-hydrogen) atoms. The number of hydrogen-bond acceptors (Lipinski definition) is 4. The third-order valence-electron chi connectivity index (χ3n) is 3.69. The summed E-state index contributed by atoms with van der Waals surface area (Å²) in [6.07, 6.45) is 0.931. The van der Waals surface area contributed by atoms with Crippen LogP contribution >= 0.6 is 27.3 Å². The molecule has 0 saturated heterocycles. The van der Waals surface area contributed by atoms with E-state index in [-0.39, 0.29) is 12.5 Å². The Balaban J connectivity index is 1.63. The Morgan fingerprint density at radius 3 is 3.14 bits per heavy atom. The summed E-state index contributed by atoms with van der Waals surface area (Å²) in [6.45, 7) is 1.65. The highest BCUT2D eigenvalue weighted by atomic mass is 79.9. The average molecular weight is 376 g/mol. The van der Waals surface area contributed by atoms with Crippen molar-refractivity contribution in [2.24, 2.45) is 0 Å². The molecular weight excluding hydrogens is 362 g/mol. The maximum Gasteiger partial charge on any atom is 0.242 e. The Morgan fingerprint density at radius 2 is 2.32 bits per heavy atom. The van der Waals surface area contributed by atoms with Crippen molar-refractivity contribution in [3.05, 3.63) is 50.1 Å². The molecule has 112 valence electrons. The summed E-state index contributed by atoms with van der Waals surface area (Å²) < 4.78 is 0.849. The van der Waals surface area contributed by atoms with Crippen LogP contribution in [-0.4, -0.2) is 23.9 Å². The van der Waals surface area contributed by atoms with Gasteiger partial charge in [-0.15, -0.1) is 11.3 Å². The van der Waals surface area contributed by atoms with Gasteiger partial charge in [-0.2, -0.15) is 5.26 Å². The van der Waals surface area contributed by atoms with Crippen LogP contribution in [0.2, 0.25) is 0 Å². The highest BCUT2D eigenvalue weighted by molar-refractivity contribution is 9.10. The van der Waals surface area contributed by atoms with E-state index in [1.165, 1.54) is 10.4 Å². The van der Waals surface area contributed by atoms with Crippen LogP contribution < -0.4 is 5.32 Å². The second kappa shape index (κ2) is 6.51. The Bertz CT molecular complexity index is 750. The van der Waals surface area contributed by atoms with Gasteiger partial charge >= 0.3 is 0 Å². The third-order valence-corrected chi connectivity index (χ3v) is 5.21. The van der Waals surface area contributed by atoms with Crippen LogP contribution in [0.3, 0.4) is 0 Å². The topological polar surface area (TPSA) is 56.1 Å². The summed E-state index contributed by atoms with van der Waals surface area (Å²) in [5, 5.41) is 14.3. The van der Waals surface area contributed by atoms with Crippen LogP contribution in [-0.2, 0) is 17.8 Å². The first-order valence-electron chi connectivity index (χ1n) is 6.94. The Labute approximate surface area is 141 Å². The molecule has 0 atom stereocenters. The molecule has 1 aliphatic heterocycles. The number of hydrogen-bond donors (Lipinski definition) is 1. The molecule has 2 heterocycles. The number of thiophene rings is 1. The van der Waals surface area contributed by atoms with Gasteiger partial charge in [-0.05, 0) is 41.6 Å². The number of fused-ring (bicyclic) bond motifs is 1. The smallest absolute Gasteiger partial charge is 0.242 e. The highest BCUT2D eigenvalue weighted by Crippen LogP contribution is 2.24. The monoisotopic (exact) mass is 375 g/mol. The molecule has 1 aromatic carbocycles. The minimum absolute atomic E-state index is 0.0589. The summed E-state index contributed by atoms with van der Waals surface area (Å²) in [7, 11) is 0. The van der Waals surface area contributed by atoms with Crippen molar-refractivity contribution in [2.45, 2.75) is 13.0 Å². The van der Waals surface area contributed by atoms with E-state index in [0.29, 0.717) is 17.8 Å². The number of amides is 1. The van der Waals surface area contributed by atoms with Gasteiger partial charge in [0.15, 0.2) is 0 Å². The fraction of sp³-hybridized carbons (Fsp3) is 0.250. The number of halogens is 1. The Morgan fingerprint density at radius 1 is 1.45 bits per heavy atom. The average Bonchev–Trinajstić information content (AvgIpc) is 3.00. The zero-order valence-electron chi connectivity index (χ0n) is 11.8. The molecule has 1 aromatic heterocycles. The van der Waals surface area contributed by atoms with Crippen LogP contribution in [0.1, 0.15) is 16.0 Å². The molecule has 2 aromatic rings. The maximum absolute atomic E-state index is 12.3. The summed E-state index contributed by atoms with van der Waals surface area (Å²) >= 11 is 5.10. The van der Waals surface area contributed by atoms with Crippen LogP contribution in [0.15, 0.2) is 34.1 Å². The first kappa shape index (κ1) is 15.1. The van der Waals surface area contributed by atoms with Crippen molar-refractivity contribution in [1.82, 2.24) is 4.90 Å². The van der Waals surface area contributed by atoms with Crippen molar-refractivity contribution < 1.29 is 4.79 Å². The van der Waals surface area contributed by atoms with Gasteiger partial charge in [0.2, 0.25) is 5.91 Å². The predicted octanol–water partition coefficient (Wildman–Crippen LogP) is 3.38. The number of rotatable bonds is 3. The quantitative estimate of drug-likeness (QED) is 0.894. The van der Waals surface area contributed by atoms with Gasteiger partial charge in [0.05, 0.1) is 17.8 Å². The maximum atomic E-state index is 12.3. The zero-order valence-corrected chi connectivity index (χ0v) is 14.2. The van der Waals surface area contributed by atoms with E-state index >= 15 is 0 Å². The van der Waals surface area contributed by atoms with Crippen LogP contribution in [0.25, 0.3) is 0 Å². The molecule has 0 fully saturated rings. The van der Waals surface area contributed by atoms with Gasteiger partial charge in [-0.3, -0.25) is 4.79 Å². The molecule has 4 nitrogen and oxygen atoms in total. The number of carbonyl (C=O) groups excluding carboxylic acids is 1. The number of benzene rings is 1. The fourth-order valence-electron chi connectivity index (χ4n) is 2.51. The first-order valence-corrected chi connectivity index (χ1v) is 8.61. The summed E-state index contributed by atoms with van der Waals surface area (Å²) in [5.41, 5.74) is 2.47. The van der Waals surface area contributed by atoms with E-state index in [1.807, 2.05) is 17.0 Å². The molecular formula is C16H14BrN3OS. The highest BCUT2D eigenvalue weighted by Gasteiger charge is 2.21. The fourth-order valence-corrected chi connectivity index (χ4v) is 3.76. The van der Waals surface area contributed by atoms with E-state index in [2.05, 4.69) is 38.8 Å². The SMILES string of the molecule is N#Cc1cc(Br)ccc1NCC(=O)N1CCc2sccc2C1. The molecule has 1 amide bonds. The van der Waals surface area contributed by atoms with Crippen LogP contribution in [0.5, 0.6) is 0 Å². The molecule has 1 aliphatic rings. The van der Waals surface area contributed by atoms with Gasteiger partial charge in [-0.25, -0.2) is 0 Å². The van der Waals surface area contributed by atoms with E-state index in [0.717, 1.165) is 17.4 Å². The van der Waals surface area contributed by atoms with E-state index in [1.54, 1.807) is 17.4 Å². The molecule has 3 rings (SSSR count). The van der Waals surface area contributed by atoms with Crippen molar-refractivity contribution >= 4 is 38.9 Å². The van der Waals surface area contributed by atoms with Gasteiger partial charge in [0.25, 0.3) is 0 Å². The molecule has 0 saturated carbocycles. The molecule has 0 unspecified atom stereocenters. The number of nitriles is 1. The largest absolute Gasteiger partial charge is 0.375 e. The summed E-state index contributed by atoms with van der Waals surface area (Å²) in [4.78, 5) is 15.6. The van der Waals surface area contributed by atoms with E-state index < -0.39 is 0 Å².